The molecule has 0 fully saturated rings. The molecular weight excluding hydrogens is 308 g/mol. The van der Waals surface area contributed by atoms with Crippen molar-refractivity contribution in [3.8, 4) is 0 Å². The average molecular weight is 321 g/mol. The number of nitrogens with zero attached hydrogens (tertiary/aromatic N) is 1. The van der Waals surface area contributed by atoms with Gasteiger partial charge >= 0.3 is 0 Å². The normalized spacial score (nSPS) is 10.3. The lowest BCUT2D eigenvalue weighted by Gasteiger charge is -2.07. The van der Waals surface area contributed by atoms with Crippen LogP contribution in [0.15, 0.2) is 45.8 Å². The molecule has 0 aliphatic carbocycles. The summed E-state index contributed by atoms with van der Waals surface area (Å²) in [5.74, 6) is -0.406. The minimum Gasteiger partial charge on any atom is -0.322 e. The van der Waals surface area contributed by atoms with Crippen molar-refractivity contribution in [2.45, 2.75) is 6.92 Å². The van der Waals surface area contributed by atoms with E-state index in [0.717, 1.165) is 10.0 Å². The first-order chi connectivity index (χ1) is 8.99. The van der Waals surface area contributed by atoms with E-state index in [4.69, 9.17) is 0 Å². The number of aryl methyl sites for hydroxylation is 2. The van der Waals surface area contributed by atoms with Gasteiger partial charge in [0, 0.05) is 23.4 Å². The minimum atomic E-state index is -0.406. The molecule has 0 saturated carbocycles. The molecule has 5 heteroatoms. The number of amides is 1. The third kappa shape index (κ3) is 2.93. The number of pyridine rings is 1. The van der Waals surface area contributed by atoms with Gasteiger partial charge in [-0.15, -0.1) is 0 Å². The molecule has 19 heavy (non-hydrogen) atoms. The number of aromatic nitrogens is 1. The van der Waals surface area contributed by atoms with Crippen LogP contribution in [0.5, 0.6) is 0 Å². The Bertz CT molecular complexity index is 692. The molecule has 1 N–H and O–H groups in total. The van der Waals surface area contributed by atoms with Gasteiger partial charge < -0.3 is 9.88 Å². The largest absolute Gasteiger partial charge is 0.322 e. The molecule has 2 rings (SSSR count). The van der Waals surface area contributed by atoms with Gasteiger partial charge in [0.2, 0.25) is 0 Å². The summed E-state index contributed by atoms with van der Waals surface area (Å²) in [7, 11) is 1.61. The molecule has 0 saturated heterocycles. The van der Waals surface area contributed by atoms with E-state index in [1.54, 1.807) is 31.4 Å². The summed E-state index contributed by atoms with van der Waals surface area (Å²) in [4.78, 5) is 23.9. The van der Waals surface area contributed by atoms with Crippen LogP contribution in [0.4, 0.5) is 5.69 Å². The predicted octanol–water partition coefficient (Wildman–Crippen LogP) is 2.71. The van der Waals surface area contributed by atoms with Crippen molar-refractivity contribution in [3.05, 3.63) is 62.5 Å². The average Bonchev–Trinajstić information content (AvgIpc) is 2.37. The van der Waals surface area contributed by atoms with Gasteiger partial charge in [0.25, 0.3) is 11.5 Å². The summed E-state index contributed by atoms with van der Waals surface area (Å²) in [6, 6.07) is 8.68. The van der Waals surface area contributed by atoms with E-state index in [1.165, 1.54) is 10.6 Å². The van der Waals surface area contributed by atoms with Crippen molar-refractivity contribution in [2.75, 3.05) is 5.32 Å². The second kappa shape index (κ2) is 5.40. The van der Waals surface area contributed by atoms with Crippen molar-refractivity contribution in [3.63, 3.8) is 0 Å². The maximum absolute atomic E-state index is 12.0. The molecule has 0 aliphatic rings. The Balaban J connectivity index is 2.28. The minimum absolute atomic E-state index is 0.127. The van der Waals surface area contributed by atoms with Crippen LogP contribution in [0.2, 0.25) is 0 Å². The number of rotatable bonds is 2. The lowest BCUT2D eigenvalue weighted by molar-refractivity contribution is 0.102. The van der Waals surface area contributed by atoms with Crippen LogP contribution < -0.4 is 10.9 Å². The van der Waals surface area contributed by atoms with Gasteiger partial charge in [-0.25, -0.2) is 0 Å². The van der Waals surface area contributed by atoms with E-state index in [-0.39, 0.29) is 11.1 Å². The summed E-state index contributed by atoms with van der Waals surface area (Å²) in [5.41, 5.74) is 1.54. The van der Waals surface area contributed by atoms with Gasteiger partial charge in [0.05, 0.1) is 0 Å². The lowest BCUT2D eigenvalue weighted by atomic mass is 10.2. The quantitative estimate of drug-likeness (QED) is 0.925. The number of benzene rings is 1. The molecular formula is C14H13BrN2O2. The van der Waals surface area contributed by atoms with Crippen molar-refractivity contribution in [2.24, 2.45) is 7.05 Å². The van der Waals surface area contributed by atoms with Gasteiger partial charge in [-0.2, -0.15) is 0 Å². The molecule has 2 aromatic rings. The zero-order valence-electron chi connectivity index (χ0n) is 10.6. The fraction of sp³-hybridized carbons (Fsp3) is 0.143. The van der Waals surface area contributed by atoms with Crippen LogP contribution in [0.3, 0.4) is 0 Å². The van der Waals surface area contributed by atoms with Gasteiger partial charge in [-0.3, -0.25) is 9.59 Å². The molecule has 1 heterocycles. The summed E-state index contributed by atoms with van der Waals surface area (Å²) < 4.78 is 2.28. The summed E-state index contributed by atoms with van der Waals surface area (Å²) >= 11 is 3.40. The third-order valence-corrected chi connectivity index (χ3v) is 3.65. The zero-order chi connectivity index (χ0) is 14.0. The first-order valence-corrected chi connectivity index (χ1v) is 6.51. The first kappa shape index (κ1) is 13.5. The van der Waals surface area contributed by atoms with Gasteiger partial charge in [-0.05, 0) is 36.8 Å². The molecule has 98 valence electrons. The number of carbonyl (C=O) groups excluding carboxylic acids is 1. The molecule has 1 amide bonds. The van der Waals surface area contributed by atoms with E-state index >= 15 is 0 Å². The fourth-order valence-electron chi connectivity index (χ4n) is 1.64. The number of hydrogen-bond acceptors (Lipinski definition) is 2. The van der Waals surface area contributed by atoms with Gasteiger partial charge in [0.15, 0.2) is 0 Å². The van der Waals surface area contributed by atoms with E-state index in [0.29, 0.717) is 5.69 Å². The van der Waals surface area contributed by atoms with E-state index in [2.05, 4.69) is 21.2 Å². The van der Waals surface area contributed by atoms with Crippen LogP contribution in [0, 0.1) is 6.92 Å². The standard InChI is InChI=1S/C14H13BrN2O2/c1-9-5-6-10(8-12(9)15)16-13(18)11-4-3-7-17(2)14(11)19/h3-8H,1-2H3,(H,16,18). The van der Waals surface area contributed by atoms with Crippen molar-refractivity contribution in [1.82, 2.24) is 4.57 Å². The molecule has 4 nitrogen and oxygen atoms in total. The fourth-order valence-corrected chi connectivity index (χ4v) is 2.02. The first-order valence-electron chi connectivity index (χ1n) is 5.72. The maximum Gasteiger partial charge on any atom is 0.263 e. The van der Waals surface area contributed by atoms with Gasteiger partial charge in [-0.1, -0.05) is 22.0 Å². The monoisotopic (exact) mass is 320 g/mol. The van der Waals surface area contributed by atoms with Crippen LogP contribution in [-0.4, -0.2) is 10.5 Å². The molecule has 0 atom stereocenters. The van der Waals surface area contributed by atoms with E-state index < -0.39 is 5.91 Å². The third-order valence-electron chi connectivity index (χ3n) is 2.80. The molecule has 0 spiro atoms. The Labute approximate surface area is 119 Å². The Hall–Kier alpha value is -1.88. The Morgan fingerprint density at radius 1 is 1.32 bits per heavy atom. The van der Waals surface area contributed by atoms with Crippen molar-refractivity contribution in [1.29, 1.82) is 0 Å². The molecule has 0 aliphatic heterocycles. The highest BCUT2D eigenvalue weighted by atomic mass is 79.9. The Morgan fingerprint density at radius 2 is 2.05 bits per heavy atom. The number of nitrogens with one attached hydrogen (secondary N) is 1. The highest BCUT2D eigenvalue weighted by Crippen LogP contribution is 2.20. The molecule has 0 bridgehead atoms. The predicted molar refractivity (Wildman–Crippen MR) is 78.5 cm³/mol. The van der Waals surface area contributed by atoms with Crippen molar-refractivity contribution < 1.29 is 4.79 Å². The Morgan fingerprint density at radius 3 is 2.74 bits per heavy atom. The van der Waals surface area contributed by atoms with Crippen LogP contribution in [0.1, 0.15) is 15.9 Å². The number of carbonyl (C=O) groups is 1. The summed E-state index contributed by atoms with van der Waals surface area (Å²) in [6.45, 7) is 1.96. The summed E-state index contributed by atoms with van der Waals surface area (Å²) in [6.07, 6.45) is 1.61. The molecule has 0 unspecified atom stereocenters. The maximum atomic E-state index is 12.0. The highest BCUT2D eigenvalue weighted by molar-refractivity contribution is 9.10. The summed E-state index contributed by atoms with van der Waals surface area (Å²) in [5, 5.41) is 2.71. The van der Waals surface area contributed by atoms with Crippen molar-refractivity contribution >= 4 is 27.5 Å². The van der Waals surface area contributed by atoms with E-state index in [1.807, 2.05) is 13.0 Å². The smallest absolute Gasteiger partial charge is 0.263 e. The lowest BCUT2D eigenvalue weighted by Crippen LogP contribution is -2.27. The Kier molecular flexibility index (Phi) is 3.85. The second-order valence-electron chi connectivity index (χ2n) is 4.26. The number of anilines is 1. The number of hydrogen-bond donors (Lipinski definition) is 1. The van der Waals surface area contributed by atoms with Crippen LogP contribution in [-0.2, 0) is 7.05 Å². The molecule has 1 aromatic carbocycles. The highest BCUT2D eigenvalue weighted by Gasteiger charge is 2.11. The van der Waals surface area contributed by atoms with Crippen LogP contribution >= 0.6 is 15.9 Å². The van der Waals surface area contributed by atoms with Gasteiger partial charge in [0.1, 0.15) is 5.56 Å². The van der Waals surface area contributed by atoms with Crippen LogP contribution in [0.25, 0.3) is 0 Å². The molecule has 1 aromatic heterocycles. The van der Waals surface area contributed by atoms with E-state index in [9.17, 15) is 9.59 Å². The molecule has 0 radical (unpaired) electrons. The zero-order valence-corrected chi connectivity index (χ0v) is 12.2. The topological polar surface area (TPSA) is 51.1 Å². The number of halogens is 1. The SMILES string of the molecule is Cc1ccc(NC(=O)c2cccn(C)c2=O)cc1Br. The second-order valence-corrected chi connectivity index (χ2v) is 5.11.